The largest absolute Gasteiger partial charge is 0.497 e. The lowest BCUT2D eigenvalue weighted by molar-refractivity contribution is 0.414. The summed E-state index contributed by atoms with van der Waals surface area (Å²) in [4.78, 5) is 4.48. The lowest BCUT2D eigenvalue weighted by Gasteiger charge is -2.09. The highest BCUT2D eigenvalue weighted by molar-refractivity contribution is 5.77. The average molecular weight is 281 g/mol. The summed E-state index contributed by atoms with van der Waals surface area (Å²) in [6.07, 6.45) is 1.87. The van der Waals surface area contributed by atoms with Gasteiger partial charge in [-0.05, 0) is 54.8 Å². The molecular formula is C17H19N3O. The zero-order valence-corrected chi connectivity index (χ0v) is 12.6. The number of anilines is 1. The van der Waals surface area contributed by atoms with Crippen molar-refractivity contribution in [2.75, 3.05) is 12.8 Å². The summed E-state index contributed by atoms with van der Waals surface area (Å²) in [5, 5.41) is 0. The van der Waals surface area contributed by atoms with Crippen molar-refractivity contribution in [3.63, 3.8) is 0 Å². The van der Waals surface area contributed by atoms with Gasteiger partial charge in [-0.25, -0.2) is 4.98 Å². The first-order chi connectivity index (χ1) is 10.1. The zero-order valence-electron chi connectivity index (χ0n) is 12.6. The van der Waals surface area contributed by atoms with E-state index in [0.717, 1.165) is 28.9 Å². The first-order valence-electron chi connectivity index (χ1n) is 6.92. The molecule has 0 aliphatic heterocycles. The molecule has 0 atom stereocenters. The van der Waals surface area contributed by atoms with Gasteiger partial charge in [0.2, 0.25) is 0 Å². The Balaban J connectivity index is 2.02. The van der Waals surface area contributed by atoms with E-state index in [2.05, 4.69) is 35.5 Å². The van der Waals surface area contributed by atoms with Crippen molar-refractivity contribution < 1.29 is 4.74 Å². The van der Waals surface area contributed by atoms with Crippen molar-refractivity contribution in [1.82, 2.24) is 9.55 Å². The molecule has 0 aliphatic carbocycles. The van der Waals surface area contributed by atoms with Crippen LogP contribution in [-0.4, -0.2) is 16.7 Å². The molecule has 4 nitrogen and oxygen atoms in total. The second-order valence-electron chi connectivity index (χ2n) is 5.41. The van der Waals surface area contributed by atoms with E-state index in [1.54, 1.807) is 7.11 Å². The number of imidazole rings is 1. The fraction of sp³-hybridized carbons (Fsp3) is 0.235. The second-order valence-corrected chi connectivity index (χ2v) is 5.41. The van der Waals surface area contributed by atoms with Crippen LogP contribution in [0.25, 0.3) is 11.0 Å². The van der Waals surface area contributed by atoms with E-state index in [4.69, 9.17) is 10.5 Å². The smallest absolute Gasteiger partial charge is 0.121 e. The number of aromatic nitrogens is 2. The number of fused-ring (bicyclic) bond motifs is 1. The van der Waals surface area contributed by atoms with Gasteiger partial charge in [-0.3, -0.25) is 0 Å². The number of nitrogens with zero attached hydrogens (tertiary/aromatic N) is 2. The lowest BCUT2D eigenvalue weighted by atomic mass is 10.1. The molecule has 3 aromatic rings. The van der Waals surface area contributed by atoms with Gasteiger partial charge in [0.05, 0.1) is 24.5 Å². The zero-order chi connectivity index (χ0) is 15.0. The molecule has 1 heterocycles. The van der Waals surface area contributed by atoms with Crippen LogP contribution in [0.5, 0.6) is 5.75 Å². The number of rotatable bonds is 3. The van der Waals surface area contributed by atoms with Crippen LogP contribution in [0.2, 0.25) is 0 Å². The number of benzene rings is 2. The second kappa shape index (κ2) is 5.13. The van der Waals surface area contributed by atoms with Crippen molar-refractivity contribution in [2.45, 2.75) is 20.4 Å². The Labute approximate surface area is 124 Å². The number of hydrogen-bond acceptors (Lipinski definition) is 3. The number of nitrogen functional groups attached to an aromatic ring is 1. The molecule has 0 saturated heterocycles. The summed E-state index contributed by atoms with van der Waals surface area (Å²) in [7, 11) is 1.65. The molecule has 1 aromatic heterocycles. The van der Waals surface area contributed by atoms with Crippen LogP contribution in [0.4, 0.5) is 5.69 Å². The van der Waals surface area contributed by atoms with E-state index in [-0.39, 0.29) is 0 Å². The Morgan fingerprint density at radius 2 is 1.86 bits per heavy atom. The molecule has 2 N–H and O–H groups in total. The highest BCUT2D eigenvalue weighted by Gasteiger charge is 2.07. The molecule has 0 fully saturated rings. The van der Waals surface area contributed by atoms with Crippen molar-refractivity contribution >= 4 is 16.7 Å². The minimum absolute atomic E-state index is 0.709. The fourth-order valence-corrected chi connectivity index (χ4v) is 2.53. The molecule has 0 spiro atoms. The molecule has 4 heteroatoms. The molecule has 0 aliphatic rings. The van der Waals surface area contributed by atoms with Crippen LogP contribution in [0.1, 0.15) is 16.7 Å². The van der Waals surface area contributed by atoms with Gasteiger partial charge in [0, 0.05) is 18.3 Å². The third-order valence-electron chi connectivity index (χ3n) is 3.81. The average Bonchev–Trinajstić information content (AvgIpc) is 2.81. The number of hydrogen-bond donors (Lipinski definition) is 1. The van der Waals surface area contributed by atoms with Crippen LogP contribution in [-0.2, 0) is 6.54 Å². The maximum Gasteiger partial charge on any atom is 0.121 e. The molecule has 2 aromatic carbocycles. The molecule has 0 radical (unpaired) electrons. The maximum absolute atomic E-state index is 5.92. The Morgan fingerprint density at radius 3 is 2.62 bits per heavy atom. The monoisotopic (exact) mass is 281 g/mol. The first-order valence-corrected chi connectivity index (χ1v) is 6.92. The highest BCUT2D eigenvalue weighted by Crippen LogP contribution is 2.22. The number of aryl methyl sites for hydroxylation is 2. The Morgan fingerprint density at radius 1 is 1.10 bits per heavy atom. The van der Waals surface area contributed by atoms with Gasteiger partial charge < -0.3 is 15.0 Å². The normalized spacial score (nSPS) is 11.0. The van der Waals surface area contributed by atoms with Crippen LogP contribution in [0.15, 0.2) is 36.7 Å². The van der Waals surface area contributed by atoms with E-state index in [0.29, 0.717) is 5.69 Å². The first kappa shape index (κ1) is 13.5. The van der Waals surface area contributed by atoms with E-state index in [9.17, 15) is 0 Å². The summed E-state index contributed by atoms with van der Waals surface area (Å²) in [6, 6.07) is 10.1. The summed E-state index contributed by atoms with van der Waals surface area (Å²) in [5.41, 5.74) is 12.4. The molecular weight excluding hydrogens is 262 g/mol. The van der Waals surface area contributed by atoms with Crippen LogP contribution < -0.4 is 10.5 Å². The molecule has 0 bridgehead atoms. The van der Waals surface area contributed by atoms with Gasteiger partial charge in [-0.15, -0.1) is 0 Å². The maximum atomic E-state index is 5.92. The van der Waals surface area contributed by atoms with Crippen LogP contribution in [0.3, 0.4) is 0 Å². The van der Waals surface area contributed by atoms with Crippen molar-refractivity contribution in [1.29, 1.82) is 0 Å². The summed E-state index contributed by atoms with van der Waals surface area (Å²) < 4.78 is 7.41. The Kier molecular flexibility index (Phi) is 3.29. The highest BCUT2D eigenvalue weighted by atomic mass is 16.5. The van der Waals surface area contributed by atoms with Crippen LogP contribution >= 0.6 is 0 Å². The van der Waals surface area contributed by atoms with Gasteiger partial charge in [-0.2, -0.15) is 0 Å². The third kappa shape index (κ3) is 2.57. The Hall–Kier alpha value is -2.49. The lowest BCUT2D eigenvalue weighted by Crippen LogP contribution is -2.00. The quantitative estimate of drug-likeness (QED) is 0.749. The van der Waals surface area contributed by atoms with Crippen molar-refractivity contribution in [3.05, 3.63) is 53.3 Å². The van der Waals surface area contributed by atoms with E-state index < -0.39 is 0 Å². The predicted molar refractivity (Wildman–Crippen MR) is 85.7 cm³/mol. The van der Waals surface area contributed by atoms with Gasteiger partial charge in [0.25, 0.3) is 0 Å². The minimum Gasteiger partial charge on any atom is -0.497 e. The fourth-order valence-electron chi connectivity index (χ4n) is 2.53. The van der Waals surface area contributed by atoms with Gasteiger partial charge in [-0.1, -0.05) is 0 Å². The summed E-state index contributed by atoms with van der Waals surface area (Å²) >= 11 is 0. The summed E-state index contributed by atoms with van der Waals surface area (Å²) in [6.45, 7) is 4.95. The molecule has 0 unspecified atom stereocenters. The van der Waals surface area contributed by atoms with Gasteiger partial charge in [0.15, 0.2) is 0 Å². The predicted octanol–water partition coefficient (Wildman–Crippen LogP) is 3.29. The summed E-state index contributed by atoms with van der Waals surface area (Å²) in [5.74, 6) is 0.779. The Bertz CT molecular complexity index is 805. The van der Waals surface area contributed by atoms with Gasteiger partial charge >= 0.3 is 0 Å². The van der Waals surface area contributed by atoms with E-state index in [1.165, 1.54) is 11.1 Å². The molecule has 21 heavy (non-hydrogen) atoms. The van der Waals surface area contributed by atoms with E-state index >= 15 is 0 Å². The molecule has 0 saturated carbocycles. The number of methoxy groups -OCH3 is 1. The standard InChI is InChI=1S/C17H19N3O/c1-11-4-16-17(5-12(11)2)20(10-19-16)9-13-6-14(18)8-15(7-13)21-3/h4-8,10H,9,18H2,1-3H3. The van der Waals surface area contributed by atoms with Crippen molar-refractivity contribution in [2.24, 2.45) is 0 Å². The number of nitrogens with two attached hydrogens (primary N) is 1. The SMILES string of the molecule is COc1cc(N)cc(Cn2cnc3cc(C)c(C)cc32)c1. The minimum atomic E-state index is 0.709. The molecule has 0 amide bonds. The topological polar surface area (TPSA) is 53.1 Å². The number of ether oxygens (including phenoxy) is 1. The van der Waals surface area contributed by atoms with Crippen molar-refractivity contribution in [3.8, 4) is 5.75 Å². The van der Waals surface area contributed by atoms with E-state index in [1.807, 2.05) is 24.5 Å². The van der Waals surface area contributed by atoms with Crippen LogP contribution in [0, 0.1) is 13.8 Å². The molecule has 3 rings (SSSR count). The third-order valence-corrected chi connectivity index (χ3v) is 3.81. The molecule has 108 valence electrons. The van der Waals surface area contributed by atoms with Gasteiger partial charge in [0.1, 0.15) is 5.75 Å².